The molecule has 0 saturated heterocycles. The summed E-state index contributed by atoms with van der Waals surface area (Å²) < 4.78 is 13.2. The van der Waals surface area contributed by atoms with E-state index in [0.29, 0.717) is 5.66 Å². The Labute approximate surface area is 109 Å². The monoisotopic (exact) mass is 273 g/mol. The van der Waals surface area contributed by atoms with Gasteiger partial charge in [0, 0.05) is 17.0 Å². The molecule has 1 rings (SSSR count). The summed E-state index contributed by atoms with van der Waals surface area (Å²) in [6, 6.07) is 6.54. The molecule has 0 fully saturated rings. The topological polar surface area (TPSA) is 12.0 Å². The maximum Gasteiger partial charge on any atom is 0.125 e. The Hall–Kier alpha value is -0.400. The molecule has 0 spiro atoms. The summed E-state index contributed by atoms with van der Waals surface area (Å²) in [5.41, 5.74) is 1.16. The van der Waals surface area contributed by atoms with Crippen LogP contribution >= 0.6 is 6.19 Å². The lowest BCUT2D eigenvalue weighted by Gasteiger charge is -2.39. The summed E-state index contributed by atoms with van der Waals surface area (Å²) in [5, 5.41) is 3.44. The van der Waals surface area contributed by atoms with Crippen LogP contribution in [0, 0.1) is 5.82 Å². The van der Waals surface area contributed by atoms with Crippen molar-refractivity contribution in [2.45, 2.75) is 45.4 Å². The molecule has 0 unspecified atom stereocenters. The Kier molecular flexibility index (Phi) is 4.38. The van der Waals surface area contributed by atoms with Crippen LogP contribution in [-0.4, -0.2) is 10.8 Å². The second-order valence-corrected chi connectivity index (χ2v) is 11.2. The first-order valence-electron chi connectivity index (χ1n) is 5.80. The fourth-order valence-electron chi connectivity index (χ4n) is 1.82. The van der Waals surface area contributed by atoms with Crippen LogP contribution in [0.2, 0.25) is 0 Å². The highest BCUT2D eigenvalue weighted by Gasteiger charge is 2.34. The molecule has 96 valence electrons. The van der Waals surface area contributed by atoms with Crippen molar-refractivity contribution in [1.29, 1.82) is 0 Å². The van der Waals surface area contributed by atoms with E-state index >= 15 is 0 Å². The van der Waals surface area contributed by atoms with Crippen molar-refractivity contribution in [3.8, 4) is 0 Å². The predicted molar refractivity (Wildman–Crippen MR) is 79.2 cm³/mol. The van der Waals surface area contributed by atoms with Gasteiger partial charge in [0.2, 0.25) is 0 Å². The van der Waals surface area contributed by atoms with Gasteiger partial charge in [-0.1, -0.05) is 52.5 Å². The molecule has 0 saturated carbocycles. The van der Waals surface area contributed by atoms with Gasteiger partial charge in [-0.05, 0) is 23.9 Å². The molecule has 0 aliphatic rings. The highest BCUT2D eigenvalue weighted by Crippen LogP contribution is 2.60. The summed E-state index contributed by atoms with van der Waals surface area (Å²) in [5.74, 6) is -0.228. The van der Waals surface area contributed by atoms with Gasteiger partial charge in [0.25, 0.3) is 0 Å². The Bertz CT molecular complexity index is 437. The minimum atomic E-state index is -1.80. The molecule has 0 bridgehead atoms. The number of benzene rings is 1. The first kappa shape index (κ1) is 14.7. The van der Waals surface area contributed by atoms with Crippen molar-refractivity contribution < 1.29 is 4.39 Å². The normalized spacial score (nSPS) is 15.7. The molecule has 17 heavy (non-hydrogen) atoms. The zero-order valence-corrected chi connectivity index (χ0v) is 12.8. The molecular formula is C13H21FNPS. The minimum Gasteiger partial charge on any atom is -0.357 e. The number of hydrogen-bond donors (Lipinski definition) is 1. The first-order chi connectivity index (χ1) is 7.67. The zero-order valence-electron chi connectivity index (χ0n) is 11.1. The van der Waals surface area contributed by atoms with Gasteiger partial charge in [-0.15, -0.1) is 0 Å². The summed E-state index contributed by atoms with van der Waals surface area (Å²) in [4.78, 5) is 0. The standard InChI is InChI=1S/C13H21FNPS/c1-10(2)16(17,13(3,4)5)15-12-8-6-7-11(14)9-12/h6-10H,1-5H3,(H,15,17)/t16-/m1/s1. The number of halogens is 1. The molecule has 1 aromatic carbocycles. The average molecular weight is 273 g/mol. The maximum atomic E-state index is 13.2. The molecule has 1 aromatic rings. The van der Waals surface area contributed by atoms with Crippen LogP contribution in [0.5, 0.6) is 0 Å². The quantitative estimate of drug-likeness (QED) is 0.791. The van der Waals surface area contributed by atoms with E-state index in [-0.39, 0.29) is 11.0 Å². The molecule has 1 nitrogen and oxygen atoms in total. The van der Waals surface area contributed by atoms with Crippen molar-refractivity contribution in [2.75, 3.05) is 5.09 Å². The number of anilines is 1. The van der Waals surface area contributed by atoms with Gasteiger partial charge in [-0.25, -0.2) is 4.39 Å². The smallest absolute Gasteiger partial charge is 0.125 e. The molecule has 0 aliphatic heterocycles. The van der Waals surface area contributed by atoms with Gasteiger partial charge >= 0.3 is 0 Å². The van der Waals surface area contributed by atoms with Crippen molar-refractivity contribution in [1.82, 2.24) is 0 Å². The largest absolute Gasteiger partial charge is 0.357 e. The molecule has 4 heteroatoms. The van der Waals surface area contributed by atoms with Gasteiger partial charge < -0.3 is 5.09 Å². The second kappa shape index (κ2) is 5.07. The molecule has 0 amide bonds. The highest BCUT2D eigenvalue weighted by atomic mass is 32.4. The fraction of sp³-hybridized carbons (Fsp3) is 0.538. The van der Waals surface area contributed by atoms with Crippen LogP contribution in [0.3, 0.4) is 0 Å². The summed E-state index contributed by atoms with van der Waals surface area (Å²) in [6.45, 7) is 10.7. The Morgan fingerprint density at radius 2 is 1.88 bits per heavy atom. The van der Waals surface area contributed by atoms with E-state index in [2.05, 4.69) is 39.7 Å². The van der Waals surface area contributed by atoms with Crippen molar-refractivity contribution in [2.24, 2.45) is 0 Å². The van der Waals surface area contributed by atoms with Gasteiger partial charge in [0.1, 0.15) is 5.82 Å². The Morgan fingerprint density at radius 3 is 2.29 bits per heavy atom. The lowest BCUT2D eigenvalue weighted by Crippen LogP contribution is -2.25. The van der Waals surface area contributed by atoms with Crippen LogP contribution < -0.4 is 5.09 Å². The van der Waals surface area contributed by atoms with E-state index < -0.39 is 6.19 Å². The molecule has 1 atom stereocenters. The number of rotatable bonds is 3. The second-order valence-electron chi connectivity index (χ2n) is 5.54. The molecule has 1 N–H and O–H groups in total. The Balaban J connectivity index is 3.09. The lowest BCUT2D eigenvalue weighted by atomic mass is 10.3. The van der Waals surface area contributed by atoms with Crippen molar-refractivity contribution in [3.05, 3.63) is 30.1 Å². The highest BCUT2D eigenvalue weighted by molar-refractivity contribution is 8.16. The van der Waals surface area contributed by atoms with Crippen molar-refractivity contribution >= 4 is 23.7 Å². The third-order valence-corrected chi connectivity index (χ3v) is 10.1. The molecule has 0 aliphatic carbocycles. The summed E-state index contributed by atoms with van der Waals surface area (Å²) in [7, 11) is 0. The fourth-order valence-corrected chi connectivity index (χ4v) is 4.80. The first-order valence-corrected chi connectivity index (χ1v) is 8.67. The van der Waals surface area contributed by atoms with Gasteiger partial charge in [-0.2, -0.15) is 0 Å². The SMILES string of the molecule is CC(C)[P@](=S)(Nc1cccc(F)c1)C(C)(C)C. The summed E-state index contributed by atoms with van der Waals surface area (Å²) in [6.07, 6.45) is -1.80. The summed E-state index contributed by atoms with van der Waals surface area (Å²) >= 11 is 5.87. The molecule has 0 aromatic heterocycles. The number of hydrogen-bond acceptors (Lipinski definition) is 1. The van der Waals surface area contributed by atoms with Gasteiger partial charge in [0.05, 0.1) is 0 Å². The lowest BCUT2D eigenvalue weighted by molar-refractivity contribution is 0.628. The average Bonchev–Trinajstić information content (AvgIpc) is 2.15. The van der Waals surface area contributed by atoms with Crippen LogP contribution in [0.4, 0.5) is 10.1 Å². The minimum absolute atomic E-state index is 0.0167. The molecule has 0 radical (unpaired) electrons. The number of nitrogens with one attached hydrogen (secondary N) is 1. The van der Waals surface area contributed by atoms with Gasteiger partial charge in [0.15, 0.2) is 0 Å². The van der Waals surface area contributed by atoms with Crippen LogP contribution in [0.1, 0.15) is 34.6 Å². The van der Waals surface area contributed by atoms with E-state index in [1.165, 1.54) is 12.1 Å². The van der Waals surface area contributed by atoms with E-state index in [9.17, 15) is 4.39 Å². The zero-order chi connectivity index (χ0) is 13.3. The van der Waals surface area contributed by atoms with Crippen molar-refractivity contribution in [3.63, 3.8) is 0 Å². The van der Waals surface area contributed by atoms with E-state index in [1.54, 1.807) is 6.07 Å². The maximum absolute atomic E-state index is 13.2. The van der Waals surface area contributed by atoms with Crippen LogP contribution in [0.25, 0.3) is 0 Å². The van der Waals surface area contributed by atoms with Crippen LogP contribution in [0.15, 0.2) is 24.3 Å². The van der Waals surface area contributed by atoms with E-state index in [0.717, 1.165) is 5.69 Å². The van der Waals surface area contributed by atoms with Crippen LogP contribution in [-0.2, 0) is 11.8 Å². The van der Waals surface area contributed by atoms with E-state index in [4.69, 9.17) is 11.8 Å². The van der Waals surface area contributed by atoms with Gasteiger partial charge in [-0.3, -0.25) is 0 Å². The van der Waals surface area contributed by atoms with E-state index in [1.807, 2.05) is 6.07 Å². The third-order valence-electron chi connectivity index (χ3n) is 2.84. The molecule has 0 heterocycles. The predicted octanol–water partition coefficient (Wildman–Crippen LogP) is 4.84. The molecular weight excluding hydrogens is 252 g/mol. The Morgan fingerprint density at radius 1 is 1.29 bits per heavy atom. The third kappa shape index (κ3) is 3.29.